The number of carbonyl (C=O) groups is 1. The highest BCUT2D eigenvalue weighted by Gasteiger charge is 2.28. The molecule has 1 aromatic carbocycles. The molecular weight excluding hydrogens is 284 g/mol. The molecule has 22 heavy (non-hydrogen) atoms. The largest absolute Gasteiger partial charge is 0.462 e. The highest BCUT2D eigenvalue weighted by Crippen LogP contribution is 2.33. The maximum Gasteiger partial charge on any atom is 0.338 e. The van der Waals surface area contributed by atoms with Gasteiger partial charge in [0.1, 0.15) is 5.69 Å². The fourth-order valence-electron chi connectivity index (χ4n) is 3.14. The van der Waals surface area contributed by atoms with E-state index in [4.69, 9.17) is 4.74 Å². The molecule has 2 rings (SSSR count). The number of esters is 1. The highest BCUT2D eigenvalue weighted by molar-refractivity contribution is 5.91. The van der Waals surface area contributed by atoms with Crippen molar-refractivity contribution in [2.24, 2.45) is 11.8 Å². The van der Waals surface area contributed by atoms with E-state index in [1.807, 2.05) is 4.90 Å². The van der Waals surface area contributed by atoms with Crippen molar-refractivity contribution in [2.75, 3.05) is 24.6 Å². The topological polar surface area (TPSA) is 72.7 Å². The molecule has 6 heteroatoms. The van der Waals surface area contributed by atoms with Crippen LogP contribution < -0.4 is 4.90 Å². The van der Waals surface area contributed by atoms with Crippen molar-refractivity contribution in [3.8, 4) is 0 Å². The third kappa shape index (κ3) is 3.55. The molecule has 0 amide bonds. The van der Waals surface area contributed by atoms with Gasteiger partial charge in [0.05, 0.1) is 17.1 Å². The van der Waals surface area contributed by atoms with Crippen molar-refractivity contribution in [3.63, 3.8) is 0 Å². The number of nitrogens with zero attached hydrogens (tertiary/aromatic N) is 2. The molecule has 0 unspecified atom stereocenters. The highest BCUT2D eigenvalue weighted by atomic mass is 16.6. The smallest absolute Gasteiger partial charge is 0.338 e. The lowest BCUT2D eigenvalue weighted by Crippen LogP contribution is -2.39. The molecule has 0 aliphatic carbocycles. The number of benzene rings is 1. The van der Waals surface area contributed by atoms with Crippen LogP contribution in [0.2, 0.25) is 0 Å². The van der Waals surface area contributed by atoms with Crippen molar-refractivity contribution >= 4 is 17.3 Å². The van der Waals surface area contributed by atoms with Crippen LogP contribution in [-0.2, 0) is 4.74 Å². The molecule has 1 fully saturated rings. The predicted molar refractivity (Wildman–Crippen MR) is 84.2 cm³/mol. The summed E-state index contributed by atoms with van der Waals surface area (Å²) < 4.78 is 4.91. The van der Waals surface area contributed by atoms with Gasteiger partial charge in [-0.3, -0.25) is 10.1 Å². The molecule has 0 radical (unpaired) electrons. The predicted octanol–water partition coefficient (Wildman–Crippen LogP) is 3.25. The minimum atomic E-state index is -0.530. The van der Waals surface area contributed by atoms with Crippen LogP contribution in [0.4, 0.5) is 11.4 Å². The lowest BCUT2D eigenvalue weighted by atomic mass is 9.91. The standard InChI is InChI=1S/C16H22N2O4/c1-4-22-16(19)13-5-6-14(15(8-13)18(20)21)17-9-11(2)7-12(3)10-17/h5-6,8,11-12H,4,7,9-10H2,1-3H3/t11-,12-/m0/s1. The van der Waals surface area contributed by atoms with E-state index in [1.165, 1.54) is 6.07 Å². The number of rotatable bonds is 4. The third-order valence-corrected chi connectivity index (χ3v) is 3.89. The molecule has 1 heterocycles. The molecule has 2 atom stereocenters. The average Bonchev–Trinajstić information content (AvgIpc) is 2.45. The molecule has 0 spiro atoms. The zero-order valence-electron chi connectivity index (χ0n) is 13.2. The molecular formula is C16H22N2O4. The van der Waals surface area contributed by atoms with Crippen LogP contribution in [0.15, 0.2) is 18.2 Å². The Hall–Kier alpha value is -2.11. The maximum absolute atomic E-state index is 11.8. The van der Waals surface area contributed by atoms with Crippen LogP contribution in [0.5, 0.6) is 0 Å². The van der Waals surface area contributed by atoms with Crippen molar-refractivity contribution in [1.82, 2.24) is 0 Å². The van der Waals surface area contributed by atoms with Gasteiger partial charge in [0, 0.05) is 19.2 Å². The van der Waals surface area contributed by atoms with E-state index in [1.54, 1.807) is 19.1 Å². The lowest BCUT2D eigenvalue weighted by Gasteiger charge is -2.36. The van der Waals surface area contributed by atoms with Crippen LogP contribution in [0.3, 0.4) is 0 Å². The second kappa shape index (κ2) is 6.77. The summed E-state index contributed by atoms with van der Waals surface area (Å²) in [6.45, 7) is 7.85. The average molecular weight is 306 g/mol. The van der Waals surface area contributed by atoms with E-state index in [0.717, 1.165) is 19.5 Å². The second-order valence-corrected chi connectivity index (χ2v) is 6.03. The van der Waals surface area contributed by atoms with Crippen LogP contribution in [0.25, 0.3) is 0 Å². The van der Waals surface area contributed by atoms with Gasteiger partial charge >= 0.3 is 5.97 Å². The Labute approximate surface area is 130 Å². The van der Waals surface area contributed by atoms with Crippen molar-refractivity contribution in [3.05, 3.63) is 33.9 Å². The Morgan fingerprint density at radius 2 is 2.00 bits per heavy atom. The van der Waals surface area contributed by atoms with Crippen LogP contribution >= 0.6 is 0 Å². The quantitative estimate of drug-likeness (QED) is 0.485. The summed E-state index contributed by atoms with van der Waals surface area (Å²) >= 11 is 0. The van der Waals surface area contributed by atoms with E-state index in [2.05, 4.69) is 13.8 Å². The summed E-state index contributed by atoms with van der Waals surface area (Å²) in [5.74, 6) is 0.457. The number of carbonyl (C=O) groups excluding carboxylic acids is 1. The number of nitro groups is 1. The number of hydrogen-bond acceptors (Lipinski definition) is 5. The molecule has 1 aliphatic rings. The Bertz CT molecular complexity index is 563. The van der Waals surface area contributed by atoms with Crippen molar-refractivity contribution < 1.29 is 14.5 Å². The number of hydrogen-bond donors (Lipinski definition) is 0. The summed E-state index contributed by atoms with van der Waals surface area (Å²) in [4.78, 5) is 24.8. The molecule has 0 bridgehead atoms. The summed E-state index contributed by atoms with van der Waals surface area (Å²) in [7, 11) is 0. The first-order valence-electron chi connectivity index (χ1n) is 7.62. The van der Waals surface area contributed by atoms with E-state index in [-0.39, 0.29) is 17.9 Å². The summed E-state index contributed by atoms with van der Waals surface area (Å²) in [6.07, 6.45) is 1.13. The number of anilines is 1. The Kier molecular flexibility index (Phi) is 5.00. The van der Waals surface area contributed by atoms with Crippen LogP contribution in [0, 0.1) is 22.0 Å². The number of ether oxygens (including phenoxy) is 1. The fraction of sp³-hybridized carbons (Fsp3) is 0.562. The summed E-state index contributed by atoms with van der Waals surface area (Å²) in [5.41, 5.74) is 0.763. The molecule has 6 nitrogen and oxygen atoms in total. The first-order chi connectivity index (χ1) is 10.4. The number of nitro benzene ring substituents is 1. The van der Waals surface area contributed by atoms with Gasteiger partial charge in [-0.2, -0.15) is 0 Å². The van der Waals surface area contributed by atoms with E-state index in [9.17, 15) is 14.9 Å². The van der Waals surface area contributed by atoms with E-state index in [0.29, 0.717) is 17.5 Å². The Balaban J connectivity index is 2.35. The van der Waals surface area contributed by atoms with Crippen LogP contribution in [-0.4, -0.2) is 30.6 Å². The van der Waals surface area contributed by atoms with Crippen LogP contribution in [0.1, 0.15) is 37.6 Å². The molecule has 120 valence electrons. The maximum atomic E-state index is 11.8. The molecule has 1 aliphatic heterocycles. The van der Waals surface area contributed by atoms with Crippen molar-refractivity contribution in [2.45, 2.75) is 27.2 Å². The second-order valence-electron chi connectivity index (χ2n) is 6.03. The summed E-state index contributed by atoms with van der Waals surface area (Å²) in [6, 6.07) is 4.58. The van der Waals surface area contributed by atoms with Gasteiger partial charge in [0.15, 0.2) is 0 Å². The Morgan fingerprint density at radius 1 is 1.36 bits per heavy atom. The van der Waals surface area contributed by atoms with Gasteiger partial charge in [0.2, 0.25) is 0 Å². The van der Waals surface area contributed by atoms with Gasteiger partial charge in [-0.15, -0.1) is 0 Å². The van der Waals surface area contributed by atoms with Gasteiger partial charge < -0.3 is 9.64 Å². The minimum absolute atomic E-state index is 0.0353. The SMILES string of the molecule is CCOC(=O)c1ccc(N2C[C@@H](C)C[C@H](C)C2)c([N+](=O)[O-])c1. The summed E-state index contributed by atoms with van der Waals surface area (Å²) in [5, 5.41) is 11.4. The monoisotopic (exact) mass is 306 g/mol. The first kappa shape index (κ1) is 16.3. The number of piperidine rings is 1. The molecule has 0 N–H and O–H groups in total. The lowest BCUT2D eigenvalue weighted by molar-refractivity contribution is -0.384. The third-order valence-electron chi connectivity index (χ3n) is 3.89. The minimum Gasteiger partial charge on any atom is -0.462 e. The van der Waals surface area contributed by atoms with Gasteiger partial charge in [-0.25, -0.2) is 4.79 Å². The molecule has 0 aromatic heterocycles. The first-order valence-corrected chi connectivity index (χ1v) is 7.62. The van der Waals surface area contributed by atoms with E-state index >= 15 is 0 Å². The van der Waals surface area contributed by atoms with Crippen molar-refractivity contribution in [1.29, 1.82) is 0 Å². The zero-order chi connectivity index (χ0) is 16.3. The van der Waals surface area contributed by atoms with Gasteiger partial charge in [0.25, 0.3) is 5.69 Å². The molecule has 1 saturated heterocycles. The van der Waals surface area contributed by atoms with Gasteiger partial charge in [-0.05, 0) is 37.3 Å². The Morgan fingerprint density at radius 3 is 2.55 bits per heavy atom. The zero-order valence-corrected chi connectivity index (χ0v) is 13.2. The fourth-order valence-corrected chi connectivity index (χ4v) is 3.14. The van der Waals surface area contributed by atoms with E-state index < -0.39 is 10.9 Å². The molecule has 0 saturated carbocycles. The van der Waals surface area contributed by atoms with Gasteiger partial charge in [-0.1, -0.05) is 13.8 Å². The normalized spacial score (nSPS) is 21.5. The molecule has 1 aromatic rings.